The van der Waals surface area contributed by atoms with Crippen LogP contribution in [0.4, 0.5) is 0 Å². The zero-order chi connectivity index (χ0) is 11.7. The molecule has 2 rings (SSSR count). The number of H-pyrrole nitrogens is 1. The second-order valence-corrected chi connectivity index (χ2v) is 4.32. The number of para-hydroxylation sites is 1. The lowest BCUT2D eigenvalue weighted by molar-refractivity contribution is 0.493. The summed E-state index contributed by atoms with van der Waals surface area (Å²) in [6.07, 6.45) is 0. The lowest BCUT2D eigenvalue weighted by Crippen LogP contribution is -2.17. The van der Waals surface area contributed by atoms with Crippen LogP contribution in [0.1, 0.15) is 25.3 Å². The summed E-state index contributed by atoms with van der Waals surface area (Å²) in [7, 11) is 0. The molecule has 0 aliphatic heterocycles. The maximum absolute atomic E-state index is 11.2. The molecule has 0 spiro atoms. The SMILES string of the molecule is CC(C)C(CN)c1cccc2[nH]c(=O)oc12. The number of benzene rings is 1. The van der Waals surface area contributed by atoms with E-state index in [2.05, 4.69) is 18.8 Å². The number of nitrogens with two attached hydrogens (primary N) is 1. The molecular weight excluding hydrogens is 204 g/mol. The third-order valence-electron chi connectivity index (χ3n) is 2.94. The van der Waals surface area contributed by atoms with Gasteiger partial charge in [0.1, 0.15) is 0 Å². The number of aromatic nitrogens is 1. The molecule has 1 heterocycles. The molecule has 0 saturated heterocycles. The van der Waals surface area contributed by atoms with Crippen molar-refractivity contribution in [1.29, 1.82) is 0 Å². The van der Waals surface area contributed by atoms with Crippen LogP contribution in [0.2, 0.25) is 0 Å². The topological polar surface area (TPSA) is 72.0 Å². The van der Waals surface area contributed by atoms with Gasteiger partial charge in [0.15, 0.2) is 5.58 Å². The van der Waals surface area contributed by atoms with Gasteiger partial charge in [-0.2, -0.15) is 0 Å². The van der Waals surface area contributed by atoms with Gasteiger partial charge in [-0.1, -0.05) is 26.0 Å². The molecule has 16 heavy (non-hydrogen) atoms. The van der Waals surface area contributed by atoms with Gasteiger partial charge in [0.05, 0.1) is 5.52 Å². The predicted molar refractivity (Wildman–Crippen MR) is 63.5 cm³/mol. The summed E-state index contributed by atoms with van der Waals surface area (Å²) in [5, 5.41) is 0. The lowest BCUT2D eigenvalue weighted by Gasteiger charge is -2.18. The normalized spacial score (nSPS) is 13.5. The zero-order valence-corrected chi connectivity index (χ0v) is 9.49. The first-order chi connectivity index (χ1) is 7.63. The Morgan fingerprint density at radius 2 is 2.19 bits per heavy atom. The molecule has 3 N–H and O–H groups in total. The van der Waals surface area contributed by atoms with Crippen molar-refractivity contribution in [3.63, 3.8) is 0 Å². The molecule has 86 valence electrons. The monoisotopic (exact) mass is 220 g/mol. The molecule has 0 aliphatic carbocycles. The summed E-state index contributed by atoms with van der Waals surface area (Å²) in [6.45, 7) is 4.77. The number of hydrogen-bond donors (Lipinski definition) is 2. The van der Waals surface area contributed by atoms with Crippen molar-refractivity contribution in [2.24, 2.45) is 11.7 Å². The fraction of sp³-hybridized carbons (Fsp3) is 0.417. The molecule has 1 atom stereocenters. The maximum atomic E-state index is 11.2. The van der Waals surface area contributed by atoms with E-state index >= 15 is 0 Å². The van der Waals surface area contributed by atoms with Crippen LogP contribution in [0.5, 0.6) is 0 Å². The van der Waals surface area contributed by atoms with E-state index in [4.69, 9.17) is 10.2 Å². The van der Waals surface area contributed by atoms with Gasteiger partial charge in [0.2, 0.25) is 0 Å². The third-order valence-corrected chi connectivity index (χ3v) is 2.94. The Labute approximate surface area is 93.5 Å². The second-order valence-electron chi connectivity index (χ2n) is 4.32. The molecule has 0 aliphatic rings. The number of nitrogens with one attached hydrogen (secondary N) is 1. The highest BCUT2D eigenvalue weighted by Crippen LogP contribution is 2.28. The quantitative estimate of drug-likeness (QED) is 0.828. The third kappa shape index (κ3) is 1.76. The summed E-state index contributed by atoms with van der Waals surface area (Å²) in [5.41, 5.74) is 8.15. The Morgan fingerprint density at radius 3 is 2.81 bits per heavy atom. The summed E-state index contributed by atoms with van der Waals surface area (Å²) in [6, 6.07) is 5.71. The van der Waals surface area contributed by atoms with Crippen molar-refractivity contribution in [2.45, 2.75) is 19.8 Å². The molecule has 0 fully saturated rings. The first kappa shape index (κ1) is 11.0. The molecule has 4 nitrogen and oxygen atoms in total. The Balaban J connectivity index is 2.62. The Kier molecular flexibility index (Phi) is 2.83. The van der Waals surface area contributed by atoms with Crippen molar-refractivity contribution in [2.75, 3.05) is 6.54 Å². The van der Waals surface area contributed by atoms with Gasteiger partial charge in [0, 0.05) is 11.5 Å². The molecule has 4 heteroatoms. The highest BCUT2D eigenvalue weighted by Gasteiger charge is 2.18. The first-order valence-electron chi connectivity index (χ1n) is 5.45. The van der Waals surface area contributed by atoms with Crippen molar-refractivity contribution in [3.05, 3.63) is 34.3 Å². The van der Waals surface area contributed by atoms with E-state index in [0.717, 1.165) is 11.1 Å². The molecule has 0 saturated carbocycles. The van der Waals surface area contributed by atoms with Gasteiger partial charge >= 0.3 is 5.76 Å². The van der Waals surface area contributed by atoms with Crippen LogP contribution in [0, 0.1) is 5.92 Å². The van der Waals surface area contributed by atoms with Crippen molar-refractivity contribution < 1.29 is 4.42 Å². The van der Waals surface area contributed by atoms with Crippen LogP contribution < -0.4 is 11.5 Å². The fourth-order valence-electron chi connectivity index (χ4n) is 2.05. The molecule has 0 amide bonds. The zero-order valence-electron chi connectivity index (χ0n) is 9.49. The molecule has 1 unspecified atom stereocenters. The molecule has 1 aromatic heterocycles. The molecule has 0 bridgehead atoms. The summed E-state index contributed by atoms with van der Waals surface area (Å²) < 4.78 is 5.17. The van der Waals surface area contributed by atoms with Gasteiger partial charge in [-0.15, -0.1) is 0 Å². The second kappa shape index (κ2) is 4.14. The van der Waals surface area contributed by atoms with Crippen molar-refractivity contribution in [3.8, 4) is 0 Å². The van der Waals surface area contributed by atoms with E-state index in [1.165, 1.54) is 0 Å². The largest absolute Gasteiger partial charge is 0.417 e. The fourth-order valence-corrected chi connectivity index (χ4v) is 2.05. The average Bonchev–Trinajstić information content (AvgIpc) is 2.59. The van der Waals surface area contributed by atoms with Gasteiger partial charge in [0.25, 0.3) is 0 Å². The Morgan fingerprint density at radius 1 is 1.44 bits per heavy atom. The number of fused-ring (bicyclic) bond motifs is 1. The minimum absolute atomic E-state index is 0.211. The van der Waals surface area contributed by atoms with Gasteiger partial charge in [-0.05, 0) is 18.5 Å². The summed E-state index contributed by atoms with van der Waals surface area (Å²) >= 11 is 0. The Bertz CT molecular complexity index is 539. The van der Waals surface area contributed by atoms with Crippen LogP contribution >= 0.6 is 0 Å². The van der Waals surface area contributed by atoms with Crippen molar-refractivity contribution >= 4 is 11.1 Å². The minimum Gasteiger partial charge on any atom is -0.408 e. The highest BCUT2D eigenvalue weighted by atomic mass is 16.4. The average molecular weight is 220 g/mol. The van der Waals surface area contributed by atoms with Crippen molar-refractivity contribution in [1.82, 2.24) is 4.98 Å². The smallest absolute Gasteiger partial charge is 0.408 e. The number of rotatable bonds is 3. The first-order valence-corrected chi connectivity index (χ1v) is 5.45. The number of oxazole rings is 1. The van der Waals surface area contributed by atoms with Crippen LogP contribution in [-0.2, 0) is 0 Å². The van der Waals surface area contributed by atoms with Gasteiger partial charge < -0.3 is 10.2 Å². The van der Waals surface area contributed by atoms with Gasteiger partial charge in [-0.3, -0.25) is 4.98 Å². The van der Waals surface area contributed by atoms with Crippen LogP contribution in [-0.4, -0.2) is 11.5 Å². The molecule has 0 radical (unpaired) electrons. The van der Waals surface area contributed by atoms with Gasteiger partial charge in [-0.25, -0.2) is 4.79 Å². The molecule has 2 aromatic rings. The standard InChI is InChI=1S/C12H16N2O2/c1-7(2)9(6-13)8-4-3-5-10-11(8)16-12(15)14-10/h3-5,7,9H,6,13H2,1-2H3,(H,14,15). The van der Waals surface area contributed by atoms with E-state index in [-0.39, 0.29) is 5.92 Å². The lowest BCUT2D eigenvalue weighted by atomic mass is 9.88. The van der Waals surface area contributed by atoms with E-state index in [1.54, 1.807) is 0 Å². The van der Waals surface area contributed by atoms with E-state index < -0.39 is 5.76 Å². The van der Waals surface area contributed by atoms with Crippen LogP contribution in [0.15, 0.2) is 27.4 Å². The highest BCUT2D eigenvalue weighted by molar-refractivity contribution is 5.76. The summed E-state index contributed by atoms with van der Waals surface area (Å²) in [5.74, 6) is 0.209. The van der Waals surface area contributed by atoms with Crippen LogP contribution in [0.25, 0.3) is 11.1 Å². The number of hydrogen-bond acceptors (Lipinski definition) is 3. The van der Waals surface area contributed by atoms with E-state index in [1.807, 2.05) is 18.2 Å². The van der Waals surface area contributed by atoms with E-state index in [0.29, 0.717) is 18.0 Å². The predicted octanol–water partition coefficient (Wildman–Crippen LogP) is 1.82. The minimum atomic E-state index is -0.415. The molecular formula is C12H16N2O2. The Hall–Kier alpha value is -1.55. The van der Waals surface area contributed by atoms with Crippen LogP contribution in [0.3, 0.4) is 0 Å². The summed E-state index contributed by atoms with van der Waals surface area (Å²) in [4.78, 5) is 13.8. The molecule has 1 aromatic carbocycles. The number of aromatic amines is 1. The maximum Gasteiger partial charge on any atom is 0.417 e. The van der Waals surface area contributed by atoms with E-state index in [9.17, 15) is 4.79 Å².